The lowest BCUT2D eigenvalue weighted by Gasteiger charge is -2.71. The number of ether oxygens (including phenoxy) is 1. The maximum absolute atomic E-state index is 12.9. The number of allylic oxidation sites excluding steroid dienone is 1. The molecule has 0 aromatic rings. The molecular formula is C31H46O8. The smallest absolute Gasteiger partial charge is 0.311 e. The third-order valence-electron chi connectivity index (χ3n) is 13.4. The van der Waals surface area contributed by atoms with Crippen molar-refractivity contribution in [3.05, 3.63) is 11.6 Å². The van der Waals surface area contributed by atoms with Crippen LogP contribution in [-0.4, -0.2) is 64.1 Å². The van der Waals surface area contributed by atoms with E-state index >= 15 is 0 Å². The van der Waals surface area contributed by atoms with Crippen molar-refractivity contribution in [3.63, 3.8) is 0 Å². The highest BCUT2D eigenvalue weighted by Gasteiger charge is 2.72. The van der Waals surface area contributed by atoms with E-state index in [0.717, 1.165) is 11.9 Å². The fraction of sp³-hybridized carbons (Fsp3) is 0.839. The molecule has 5 aliphatic rings. The lowest BCUT2D eigenvalue weighted by molar-refractivity contribution is -0.244. The van der Waals surface area contributed by atoms with Gasteiger partial charge in [0, 0.05) is 5.92 Å². The average molecular weight is 547 g/mol. The zero-order valence-electron chi connectivity index (χ0n) is 24.2. The number of hydrogen-bond acceptors (Lipinski definition) is 7. The van der Waals surface area contributed by atoms with Crippen LogP contribution in [0.3, 0.4) is 0 Å². The van der Waals surface area contributed by atoms with Gasteiger partial charge >= 0.3 is 11.9 Å². The summed E-state index contributed by atoms with van der Waals surface area (Å²) in [5.74, 6) is -2.10. The normalized spacial score (nSPS) is 54.6. The summed E-state index contributed by atoms with van der Waals surface area (Å²) < 4.78 is 5.15. The van der Waals surface area contributed by atoms with Crippen molar-refractivity contribution in [2.75, 3.05) is 7.11 Å². The molecule has 39 heavy (non-hydrogen) atoms. The monoisotopic (exact) mass is 546 g/mol. The van der Waals surface area contributed by atoms with E-state index in [4.69, 9.17) is 4.74 Å². The fourth-order valence-corrected chi connectivity index (χ4v) is 11.0. The number of rotatable bonds is 3. The van der Waals surface area contributed by atoms with Crippen molar-refractivity contribution in [3.8, 4) is 0 Å². The number of aliphatic carboxylic acids is 1. The van der Waals surface area contributed by atoms with Crippen LogP contribution < -0.4 is 0 Å². The number of hydrogen-bond donors (Lipinski definition) is 4. The second-order valence-corrected chi connectivity index (χ2v) is 14.9. The second-order valence-electron chi connectivity index (χ2n) is 14.9. The summed E-state index contributed by atoms with van der Waals surface area (Å²) >= 11 is 0. The first kappa shape index (κ1) is 28.7. The van der Waals surface area contributed by atoms with Gasteiger partial charge in [-0.3, -0.25) is 9.59 Å². The predicted octanol–water partition coefficient (Wildman–Crippen LogP) is 3.51. The number of aliphatic hydroxyl groups excluding tert-OH is 3. The predicted molar refractivity (Wildman–Crippen MR) is 142 cm³/mol. The van der Waals surface area contributed by atoms with Gasteiger partial charge < -0.3 is 30.0 Å². The average Bonchev–Trinajstić information content (AvgIpc) is 2.87. The quantitative estimate of drug-likeness (QED) is 0.239. The Labute approximate surface area is 231 Å². The minimum Gasteiger partial charge on any atom is -0.481 e. The second kappa shape index (κ2) is 8.62. The molecule has 5 aliphatic carbocycles. The van der Waals surface area contributed by atoms with E-state index in [2.05, 4.69) is 20.8 Å². The number of esters is 1. The van der Waals surface area contributed by atoms with Crippen molar-refractivity contribution < 1.29 is 39.5 Å². The molecule has 5 rings (SSSR count). The van der Waals surface area contributed by atoms with Gasteiger partial charge in [-0.05, 0) is 86.4 Å². The van der Waals surface area contributed by atoms with Gasteiger partial charge in [0.05, 0.1) is 41.7 Å². The molecule has 4 N–H and O–H groups in total. The summed E-state index contributed by atoms with van der Waals surface area (Å²) in [4.78, 5) is 38.2. The molecule has 8 heteroatoms. The first-order chi connectivity index (χ1) is 18.0. The van der Waals surface area contributed by atoms with Crippen molar-refractivity contribution in [1.82, 2.24) is 0 Å². The first-order valence-electron chi connectivity index (χ1n) is 14.6. The number of aliphatic hydroxyl groups is 3. The summed E-state index contributed by atoms with van der Waals surface area (Å²) in [6.45, 7) is 10.0. The highest BCUT2D eigenvalue weighted by atomic mass is 16.5. The molecule has 0 aromatic carbocycles. The van der Waals surface area contributed by atoms with E-state index < -0.39 is 62.7 Å². The van der Waals surface area contributed by atoms with Crippen LogP contribution in [0.1, 0.15) is 86.0 Å². The minimum atomic E-state index is -1.16. The molecule has 0 aliphatic heterocycles. The van der Waals surface area contributed by atoms with Gasteiger partial charge in [-0.2, -0.15) is 0 Å². The highest BCUT2D eigenvalue weighted by Crippen LogP contribution is 2.75. The van der Waals surface area contributed by atoms with Crippen LogP contribution >= 0.6 is 0 Å². The number of carboxylic acids is 1. The number of carbonyl (C=O) groups is 3. The first-order valence-corrected chi connectivity index (χ1v) is 14.6. The van der Waals surface area contributed by atoms with Crippen LogP contribution in [0, 0.1) is 50.2 Å². The van der Waals surface area contributed by atoms with E-state index in [1.807, 2.05) is 13.0 Å². The van der Waals surface area contributed by atoms with Crippen LogP contribution in [0.5, 0.6) is 0 Å². The molecule has 0 bridgehead atoms. The number of methoxy groups -OCH3 is 1. The van der Waals surface area contributed by atoms with Crippen molar-refractivity contribution >= 4 is 18.2 Å². The van der Waals surface area contributed by atoms with Gasteiger partial charge in [-0.1, -0.05) is 39.3 Å². The molecule has 0 amide bonds. The van der Waals surface area contributed by atoms with Gasteiger partial charge in [0.2, 0.25) is 0 Å². The molecule has 0 heterocycles. The maximum Gasteiger partial charge on any atom is 0.311 e. The lowest BCUT2D eigenvalue weighted by atomic mass is 9.33. The van der Waals surface area contributed by atoms with Crippen LogP contribution in [0.2, 0.25) is 0 Å². The summed E-state index contributed by atoms with van der Waals surface area (Å²) in [6, 6.07) is 0. The molecule has 8 nitrogen and oxygen atoms in total. The summed E-state index contributed by atoms with van der Waals surface area (Å²) in [5, 5.41) is 44.4. The summed E-state index contributed by atoms with van der Waals surface area (Å²) in [6.07, 6.45) is 3.46. The van der Waals surface area contributed by atoms with Gasteiger partial charge in [0.15, 0.2) is 0 Å². The standard InChI is InChI=1S/C31H46O8/c1-26(25(38)39-6)9-11-31(24(36)37)12-10-29(4)17(18(31)14-26)13-19(33)22-27(2)15-20(34)23(35)28(3,16-32)21(27)7-8-30(22,29)5/h13,16,18-23,33-35H,7-12,14-15H2,1-6H3,(H,36,37)/t18-,19-,20+,21-,22-,23+,26+,27+,28+,29-,30-,31+/m1/s1. The number of aldehydes is 1. The molecule has 4 saturated carbocycles. The zero-order chi connectivity index (χ0) is 29.0. The topological polar surface area (TPSA) is 141 Å². The Hall–Kier alpha value is -1.77. The third kappa shape index (κ3) is 3.37. The maximum atomic E-state index is 12.9. The molecule has 218 valence electrons. The SMILES string of the molecule is COC(=O)[C@@]1(C)CC[C@]2(C(=O)O)CC[C@]3(C)C(=C[C@@H](O)[C@@H]4[C@@]5(C)C[C@H](O)[C@H](O)[C@@](C)(C=O)[C@@H]5CC[C@]43C)[C@H]2C1. The van der Waals surface area contributed by atoms with Gasteiger partial charge in [0.25, 0.3) is 0 Å². The van der Waals surface area contributed by atoms with Gasteiger partial charge in [0.1, 0.15) is 6.29 Å². The Balaban J connectivity index is 1.66. The minimum absolute atomic E-state index is 0.217. The summed E-state index contributed by atoms with van der Waals surface area (Å²) in [7, 11) is 1.37. The lowest BCUT2D eigenvalue weighted by Crippen LogP contribution is -2.70. The Morgan fingerprint density at radius 3 is 2.21 bits per heavy atom. The Morgan fingerprint density at radius 1 is 0.974 bits per heavy atom. The van der Waals surface area contributed by atoms with E-state index in [0.29, 0.717) is 44.9 Å². The highest BCUT2D eigenvalue weighted by molar-refractivity contribution is 5.80. The van der Waals surface area contributed by atoms with Crippen molar-refractivity contribution in [1.29, 1.82) is 0 Å². The van der Waals surface area contributed by atoms with Crippen LogP contribution in [0.25, 0.3) is 0 Å². The number of carbonyl (C=O) groups excluding carboxylic acids is 2. The molecule has 0 unspecified atom stereocenters. The van der Waals surface area contributed by atoms with Gasteiger partial charge in [-0.15, -0.1) is 0 Å². The van der Waals surface area contributed by atoms with Gasteiger partial charge in [-0.25, -0.2) is 0 Å². The Kier molecular flexibility index (Phi) is 6.35. The number of carboxylic acid groups (broad SMARTS) is 1. The molecule has 0 saturated heterocycles. The van der Waals surface area contributed by atoms with E-state index in [1.165, 1.54) is 7.11 Å². The number of fused-ring (bicyclic) bond motifs is 7. The third-order valence-corrected chi connectivity index (χ3v) is 13.4. The van der Waals surface area contributed by atoms with Crippen molar-refractivity contribution in [2.45, 2.75) is 104 Å². The molecule has 0 spiro atoms. The van der Waals surface area contributed by atoms with E-state index in [-0.39, 0.29) is 24.2 Å². The van der Waals surface area contributed by atoms with Crippen LogP contribution in [0.15, 0.2) is 11.6 Å². The fourth-order valence-electron chi connectivity index (χ4n) is 11.0. The Bertz CT molecular complexity index is 1120. The largest absolute Gasteiger partial charge is 0.481 e. The molecule has 12 atom stereocenters. The molecule has 4 fully saturated rings. The zero-order valence-corrected chi connectivity index (χ0v) is 24.2. The van der Waals surface area contributed by atoms with Crippen LogP contribution in [-0.2, 0) is 19.1 Å². The molecule has 0 aromatic heterocycles. The van der Waals surface area contributed by atoms with E-state index in [1.54, 1.807) is 6.92 Å². The molecule has 0 radical (unpaired) electrons. The van der Waals surface area contributed by atoms with Crippen LogP contribution in [0.4, 0.5) is 0 Å². The summed E-state index contributed by atoms with van der Waals surface area (Å²) in [5.41, 5.74) is -3.51. The van der Waals surface area contributed by atoms with Crippen molar-refractivity contribution in [2.24, 2.45) is 50.2 Å². The van der Waals surface area contributed by atoms with E-state index in [9.17, 15) is 34.8 Å². The Morgan fingerprint density at radius 2 is 1.62 bits per heavy atom. The molecular weight excluding hydrogens is 500 g/mol.